The Bertz CT molecular complexity index is 1240. The summed E-state index contributed by atoms with van der Waals surface area (Å²) in [5.41, 5.74) is 4.35. The molecule has 4 aromatic carbocycles. The van der Waals surface area contributed by atoms with Crippen LogP contribution in [0, 0.1) is 0 Å². The molecule has 0 saturated carbocycles. The highest BCUT2D eigenvalue weighted by Gasteiger charge is 2.14. The van der Waals surface area contributed by atoms with Crippen molar-refractivity contribution in [3.63, 3.8) is 0 Å². The van der Waals surface area contributed by atoms with Gasteiger partial charge in [-0.25, -0.2) is 4.98 Å². The molecule has 5 aromatic rings. The highest BCUT2D eigenvalue weighted by molar-refractivity contribution is 9.10. The lowest BCUT2D eigenvalue weighted by Crippen LogP contribution is -1.97. The number of imidazole rings is 1. The number of aromatic nitrogens is 2. The molecule has 0 radical (unpaired) electrons. The quantitative estimate of drug-likeness (QED) is 0.327. The van der Waals surface area contributed by atoms with E-state index in [1.54, 1.807) is 0 Å². The average molecular weight is 399 g/mol. The zero-order valence-electron chi connectivity index (χ0n) is 13.9. The van der Waals surface area contributed by atoms with Crippen molar-refractivity contribution >= 4 is 37.7 Å². The van der Waals surface area contributed by atoms with Gasteiger partial charge in [-0.05, 0) is 53.2 Å². The Morgan fingerprint density at radius 3 is 2.31 bits per heavy atom. The number of nitrogens with zero attached hydrogens (tertiary/aromatic N) is 2. The van der Waals surface area contributed by atoms with Gasteiger partial charge in [-0.3, -0.25) is 4.57 Å². The summed E-state index contributed by atoms with van der Waals surface area (Å²) in [6.45, 7) is 0. The largest absolute Gasteiger partial charge is 0.292 e. The van der Waals surface area contributed by atoms with E-state index >= 15 is 0 Å². The van der Waals surface area contributed by atoms with E-state index in [2.05, 4.69) is 99.4 Å². The summed E-state index contributed by atoms with van der Waals surface area (Å²) in [7, 11) is 0. The summed E-state index contributed by atoms with van der Waals surface area (Å²) in [5, 5.41) is 2.42. The summed E-state index contributed by atoms with van der Waals surface area (Å²) in [5.74, 6) is 0.960. The van der Waals surface area contributed by atoms with E-state index in [9.17, 15) is 0 Å². The normalized spacial score (nSPS) is 11.3. The van der Waals surface area contributed by atoms with Gasteiger partial charge < -0.3 is 0 Å². The third kappa shape index (κ3) is 2.52. The molecule has 0 bridgehead atoms. The molecule has 3 heteroatoms. The van der Waals surface area contributed by atoms with Crippen LogP contribution < -0.4 is 0 Å². The molecule has 0 fully saturated rings. The van der Waals surface area contributed by atoms with Crippen LogP contribution in [-0.4, -0.2) is 9.55 Å². The van der Waals surface area contributed by atoms with Gasteiger partial charge in [-0.2, -0.15) is 0 Å². The van der Waals surface area contributed by atoms with Crippen molar-refractivity contribution < 1.29 is 0 Å². The van der Waals surface area contributed by atoms with Crippen molar-refractivity contribution in [2.24, 2.45) is 0 Å². The molecule has 2 nitrogen and oxygen atoms in total. The van der Waals surface area contributed by atoms with Gasteiger partial charge in [0.15, 0.2) is 0 Å². The second-order valence-electron chi connectivity index (χ2n) is 6.30. The van der Waals surface area contributed by atoms with E-state index < -0.39 is 0 Å². The molecular weight excluding hydrogens is 384 g/mol. The lowest BCUT2D eigenvalue weighted by Gasteiger charge is -2.10. The van der Waals surface area contributed by atoms with Crippen molar-refractivity contribution in [1.29, 1.82) is 0 Å². The SMILES string of the molecule is Brc1ccc2cc(-c3nc4ccccc4n3-c3ccccc3)ccc2c1. The summed E-state index contributed by atoms with van der Waals surface area (Å²) in [4.78, 5) is 4.94. The monoisotopic (exact) mass is 398 g/mol. The van der Waals surface area contributed by atoms with Crippen LogP contribution in [0.4, 0.5) is 0 Å². The Hall–Kier alpha value is -2.91. The first kappa shape index (κ1) is 15.4. The van der Waals surface area contributed by atoms with E-state index in [1.807, 2.05) is 12.1 Å². The second-order valence-corrected chi connectivity index (χ2v) is 7.22. The average Bonchev–Trinajstić information content (AvgIpc) is 3.08. The van der Waals surface area contributed by atoms with Crippen molar-refractivity contribution in [2.75, 3.05) is 0 Å². The molecule has 0 aliphatic rings. The molecule has 0 unspecified atom stereocenters. The second kappa shape index (κ2) is 6.11. The number of hydrogen-bond donors (Lipinski definition) is 0. The van der Waals surface area contributed by atoms with Crippen LogP contribution in [0.25, 0.3) is 38.9 Å². The fraction of sp³-hybridized carbons (Fsp3) is 0. The molecule has 0 atom stereocenters. The van der Waals surface area contributed by atoms with Crippen LogP contribution >= 0.6 is 15.9 Å². The van der Waals surface area contributed by atoms with E-state index in [1.165, 1.54) is 10.8 Å². The van der Waals surface area contributed by atoms with E-state index in [0.29, 0.717) is 0 Å². The Morgan fingerprint density at radius 2 is 1.42 bits per heavy atom. The van der Waals surface area contributed by atoms with E-state index in [-0.39, 0.29) is 0 Å². The predicted octanol–water partition coefficient (Wildman–Crippen LogP) is 6.61. The van der Waals surface area contributed by atoms with Gasteiger partial charge >= 0.3 is 0 Å². The Labute approximate surface area is 159 Å². The number of benzene rings is 4. The van der Waals surface area contributed by atoms with Gasteiger partial charge in [0.1, 0.15) is 5.82 Å². The maximum absolute atomic E-state index is 4.94. The Morgan fingerprint density at radius 1 is 0.692 bits per heavy atom. The summed E-state index contributed by atoms with van der Waals surface area (Å²) < 4.78 is 3.32. The number of hydrogen-bond acceptors (Lipinski definition) is 1. The molecule has 5 rings (SSSR count). The van der Waals surface area contributed by atoms with Crippen molar-refractivity contribution in [2.45, 2.75) is 0 Å². The minimum Gasteiger partial charge on any atom is -0.292 e. The molecule has 0 amide bonds. The minimum atomic E-state index is 0.960. The molecule has 0 spiro atoms. The molecule has 26 heavy (non-hydrogen) atoms. The molecule has 124 valence electrons. The summed E-state index contributed by atoms with van der Waals surface area (Å²) in [6, 6.07) is 31.6. The van der Waals surface area contributed by atoms with Crippen LogP contribution in [0.5, 0.6) is 0 Å². The topological polar surface area (TPSA) is 17.8 Å². The molecule has 1 aromatic heterocycles. The fourth-order valence-electron chi connectivity index (χ4n) is 3.41. The van der Waals surface area contributed by atoms with Gasteiger partial charge in [0.2, 0.25) is 0 Å². The number of rotatable bonds is 2. The first-order valence-corrected chi connectivity index (χ1v) is 9.31. The third-order valence-corrected chi connectivity index (χ3v) is 5.13. The molecule has 1 heterocycles. The highest BCUT2D eigenvalue weighted by Crippen LogP contribution is 2.31. The molecule has 0 N–H and O–H groups in total. The van der Waals surface area contributed by atoms with Crippen LogP contribution in [0.3, 0.4) is 0 Å². The minimum absolute atomic E-state index is 0.960. The number of halogens is 1. The zero-order chi connectivity index (χ0) is 17.5. The third-order valence-electron chi connectivity index (χ3n) is 4.64. The summed E-state index contributed by atoms with van der Waals surface area (Å²) in [6.07, 6.45) is 0. The smallest absolute Gasteiger partial charge is 0.145 e. The first-order chi connectivity index (χ1) is 12.8. The van der Waals surface area contributed by atoms with Crippen molar-refractivity contribution in [1.82, 2.24) is 9.55 Å². The first-order valence-electron chi connectivity index (χ1n) is 8.52. The van der Waals surface area contributed by atoms with Gasteiger partial charge in [0.05, 0.1) is 11.0 Å². The molecule has 0 aliphatic carbocycles. The van der Waals surface area contributed by atoms with Crippen LogP contribution in [-0.2, 0) is 0 Å². The van der Waals surface area contributed by atoms with Crippen molar-refractivity contribution in [3.8, 4) is 17.1 Å². The van der Waals surface area contributed by atoms with Gasteiger partial charge in [0.25, 0.3) is 0 Å². The van der Waals surface area contributed by atoms with Gasteiger partial charge in [-0.15, -0.1) is 0 Å². The van der Waals surface area contributed by atoms with Gasteiger partial charge in [0, 0.05) is 15.7 Å². The van der Waals surface area contributed by atoms with E-state index in [0.717, 1.165) is 32.6 Å². The molecular formula is C23H15BrN2. The Kier molecular flexibility index (Phi) is 3.61. The zero-order valence-corrected chi connectivity index (χ0v) is 15.5. The van der Waals surface area contributed by atoms with Crippen LogP contribution in [0.1, 0.15) is 0 Å². The lowest BCUT2D eigenvalue weighted by atomic mass is 10.1. The van der Waals surface area contributed by atoms with Crippen LogP contribution in [0.2, 0.25) is 0 Å². The maximum atomic E-state index is 4.94. The number of fused-ring (bicyclic) bond motifs is 2. The van der Waals surface area contributed by atoms with Gasteiger partial charge in [-0.1, -0.05) is 64.5 Å². The summed E-state index contributed by atoms with van der Waals surface area (Å²) >= 11 is 3.54. The molecule has 0 saturated heterocycles. The highest BCUT2D eigenvalue weighted by atomic mass is 79.9. The van der Waals surface area contributed by atoms with Crippen LogP contribution in [0.15, 0.2) is 95.5 Å². The van der Waals surface area contributed by atoms with E-state index in [4.69, 9.17) is 4.98 Å². The Balaban J connectivity index is 1.80. The van der Waals surface area contributed by atoms with Crippen molar-refractivity contribution in [3.05, 3.63) is 95.5 Å². The standard InChI is InChI=1S/C23H15BrN2/c24-19-13-12-16-14-18(11-10-17(16)15-19)23-25-21-8-4-5-9-22(21)26(23)20-6-2-1-3-7-20/h1-15H. The fourth-order valence-corrected chi connectivity index (χ4v) is 3.79. The number of para-hydroxylation sites is 3. The lowest BCUT2D eigenvalue weighted by molar-refractivity contribution is 1.10. The maximum Gasteiger partial charge on any atom is 0.145 e. The molecule has 0 aliphatic heterocycles. The predicted molar refractivity (Wildman–Crippen MR) is 112 cm³/mol.